The van der Waals surface area contributed by atoms with Crippen molar-refractivity contribution in [1.82, 2.24) is 5.32 Å². The van der Waals surface area contributed by atoms with Crippen LogP contribution in [0.15, 0.2) is 0 Å². The smallest absolute Gasteiger partial charge is 0.372 e. The molecule has 2 atom stereocenters. The van der Waals surface area contributed by atoms with Crippen LogP contribution >= 0.6 is 0 Å². The molecule has 2 unspecified atom stereocenters. The molecule has 0 aromatic carbocycles. The standard InChI is InChI=1S/C12H22F3NO/c1-2-16-11-6-4-3-5-10(11)7-8-17-9-12(13,14)15/h10-11,16H,2-9H2,1H3. The van der Waals surface area contributed by atoms with Gasteiger partial charge in [-0.3, -0.25) is 0 Å². The Balaban J connectivity index is 2.19. The first-order chi connectivity index (χ1) is 8.03. The maximum atomic E-state index is 11.9. The van der Waals surface area contributed by atoms with Crippen molar-refractivity contribution in [3.63, 3.8) is 0 Å². The van der Waals surface area contributed by atoms with E-state index in [0.717, 1.165) is 25.8 Å². The van der Waals surface area contributed by atoms with E-state index < -0.39 is 12.8 Å². The van der Waals surface area contributed by atoms with E-state index in [0.29, 0.717) is 12.0 Å². The molecule has 0 aromatic rings. The van der Waals surface area contributed by atoms with Gasteiger partial charge in [0.1, 0.15) is 6.61 Å². The molecule has 2 nitrogen and oxygen atoms in total. The predicted octanol–water partition coefficient (Wildman–Crippen LogP) is 3.12. The van der Waals surface area contributed by atoms with Crippen LogP contribution in [0.1, 0.15) is 39.0 Å². The molecule has 0 saturated heterocycles. The summed E-state index contributed by atoms with van der Waals surface area (Å²) in [5.41, 5.74) is 0. The monoisotopic (exact) mass is 253 g/mol. The molecule has 0 aromatic heterocycles. The Morgan fingerprint density at radius 3 is 2.59 bits per heavy atom. The number of rotatable bonds is 6. The molecule has 1 aliphatic carbocycles. The summed E-state index contributed by atoms with van der Waals surface area (Å²) in [5, 5.41) is 3.41. The third kappa shape index (κ3) is 6.27. The van der Waals surface area contributed by atoms with Crippen LogP contribution in [0.3, 0.4) is 0 Å². The Kier molecular flexibility index (Phi) is 6.27. The van der Waals surface area contributed by atoms with Crippen LogP contribution in [0, 0.1) is 5.92 Å². The van der Waals surface area contributed by atoms with Crippen molar-refractivity contribution in [3.05, 3.63) is 0 Å². The van der Waals surface area contributed by atoms with Gasteiger partial charge in [0, 0.05) is 12.6 Å². The average molecular weight is 253 g/mol. The van der Waals surface area contributed by atoms with Gasteiger partial charge in [-0.1, -0.05) is 19.8 Å². The molecule has 1 N–H and O–H groups in total. The molecule has 1 saturated carbocycles. The van der Waals surface area contributed by atoms with E-state index in [1.54, 1.807) is 0 Å². The SMILES string of the molecule is CCNC1CCCCC1CCOCC(F)(F)F. The lowest BCUT2D eigenvalue weighted by Gasteiger charge is -2.32. The van der Waals surface area contributed by atoms with Crippen molar-refractivity contribution < 1.29 is 17.9 Å². The molecule has 0 heterocycles. The predicted molar refractivity (Wildman–Crippen MR) is 60.9 cm³/mol. The van der Waals surface area contributed by atoms with Crippen LogP contribution in [-0.2, 0) is 4.74 Å². The minimum absolute atomic E-state index is 0.214. The molecule has 0 amide bonds. The number of hydrogen-bond acceptors (Lipinski definition) is 2. The minimum atomic E-state index is -4.20. The molecular weight excluding hydrogens is 231 g/mol. The molecule has 0 bridgehead atoms. The van der Waals surface area contributed by atoms with E-state index in [-0.39, 0.29) is 6.61 Å². The van der Waals surface area contributed by atoms with E-state index in [1.807, 2.05) is 0 Å². The number of halogens is 3. The zero-order chi connectivity index (χ0) is 12.7. The van der Waals surface area contributed by atoms with Crippen molar-refractivity contribution in [2.75, 3.05) is 19.8 Å². The fourth-order valence-corrected chi connectivity index (χ4v) is 2.51. The minimum Gasteiger partial charge on any atom is -0.372 e. The first-order valence-corrected chi connectivity index (χ1v) is 6.41. The van der Waals surface area contributed by atoms with Crippen molar-refractivity contribution in [2.45, 2.75) is 51.2 Å². The highest BCUT2D eigenvalue weighted by Crippen LogP contribution is 2.27. The fraction of sp³-hybridized carbons (Fsp3) is 1.00. The molecule has 102 valence electrons. The Bertz CT molecular complexity index is 206. The van der Waals surface area contributed by atoms with Crippen LogP contribution in [0.2, 0.25) is 0 Å². The van der Waals surface area contributed by atoms with E-state index in [9.17, 15) is 13.2 Å². The third-order valence-corrected chi connectivity index (χ3v) is 3.27. The Morgan fingerprint density at radius 2 is 1.94 bits per heavy atom. The molecule has 1 rings (SSSR count). The van der Waals surface area contributed by atoms with E-state index in [1.165, 1.54) is 12.8 Å². The highest BCUT2D eigenvalue weighted by atomic mass is 19.4. The van der Waals surface area contributed by atoms with Crippen LogP contribution in [0.5, 0.6) is 0 Å². The number of nitrogens with one attached hydrogen (secondary N) is 1. The van der Waals surface area contributed by atoms with Crippen LogP contribution in [-0.4, -0.2) is 32.0 Å². The highest BCUT2D eigenvalue weighted by molar-refractivity contribution is 4.80. The summed E-state index contributed by atoms with van der Waals surface area (Å²) in [6, 6.07) is 0.461. The summed E-state index contributed by atoms with van der Waals surface area (Å²) in [5.74, 6) is 0.469. The Hall–Kier alpha value is -0.290. The second kappa shape index (κ2) is 7.21. The maximum absolute atomic E-state index is 11.9. The molecule has 0 radical (unpaired) electrons. The van der Waals surface area contributed by atoms with Gasteiger partial charge >= 0.3 is 6.18 Å². The largest absolute Gasteiger partial charge is 0.411 e. The zero-order valence-electron chi connectivity index (χ0n) is 10.4. The Morgan fingerprint density at radius 1 is 1.24 bits per heavy atom. The van der Waals surface area contributed by atoms with Gasteiger partial charge in [-0.2, -0.15) is 13.2 Å². The second-order valence-electron chi connectivity index (χ2n) is 4.67. The van der Waals surface area contributed by atoms with Crippen LogP contribution in [0.4, 0.5) is 13.2 Å². The van der Waals surface area contributed by atoms with E-state index >= 15 is 0 Å². The number of hydrogen-bond donors (Lipinski definition) is 1. The number of alkyl halides is 3. The summed E-state index contributed by atoms with van der Waals surface area (Å²) < 4.78 is 40.3. The summed E-state index contributed by atoms with van der Waals surface area (Å²) in [4.78, 5) is 0. The van der Waals surface area contributed by atoms with Gasteiger partial charge in [0.05, 0.1) is 0 Å². The van der Waals surface area contributed by atoms with E-state index in [4.69, 9.17) is 0 Å². The van der Waals surface area contributed by atoms with Crippen LogP contribution in [0.25, 0.3) is 0 Å². The van der Waals surface area contributed by atoms with Gasteiger partial charge in [-0.25, -0.2) is 0 Å². The molecular formula is C12H22F3NO. The van der Waals surface area contributed by atoms with Crippen molar-refractivity contribution in [3.8, 4) is 0 Å². The van der Waals surface area contributed by atoms with Gasteiger partial charge in [-0.05, 0) is 31.7 Å². The maximum Gasteiger partial charge on any atom is 0.411 e. The van der Waals surface area contributed by atoms with E-state index in [2.05, 4.69) is 17.0 Å². The molecule has 17 heavy (non-hydrogen) atoms. The van der Waals surface area contributed by atoms with Gasteiger partial charge in [0.25, 0.3) is 0 Å². The van der Waals surface area contributed by atoms with Crippen LogP contribution < -0.4 is 5.32 Å². The molecule has 5 heteroatoms. The second-order valence-corrected chi connectivity index (χ2v) is 4.67. The van der Waals surface area contributed by atoms with Gasteiger partial charge in [0.15, 0.2) is 0 Å². The van der Waals surface area contributed by atoms with Gasteiger partial charge in [-0.15, -0.1) is 0 Å². The highest BCUT2D eigenvalue weighted by Gasteiger charge is 2.28. The number of ether oxygens (including phenoxy) is 1. The first-order valence-electron chi connectivity index (χ1n) is 6.41. The molecule has 0 spiro atoms. The lowest BCUT2D eigenvalue weighted by Crippen LogP contribution is -2.39. The normalized spacial score (nSPS) is 26.1. The summed E-state index contributed by atoms with van der Waals surface area (Å²) in [7, 11) is 0. The summed E-state index contributed by atoms with van der Waals surface area (Å²) in [6.45, 7) is 2.08. The third-order valence-electron chi connectivity index (χ3n) is 3.27. The Labute approximate surface area is 101 Å². The summed E-state index contributed by atoms with van der Waals surface area (Å²) >= 11 is 0. The zero-order valence-corrected chi connectivity index (χ0v) is 10.4. The molecule has 1 aliphatic rings. The van der Waals surface area contributed by atoms with Gasteiger partial charge < -0.3 is 10.1 Å². The molecule has 0 aliphatic heterocycles. The molecule has 1 fully saturated rings. The fourth-order valence-electron chi connectivity index (χ4n) is 2.51. The van der Waals surface area contributed by atoms with Crippen molar-refractivity contribution >= 4 is 0 Å². The summed E-state index contributed by atoms with van der Waals surface area (Å²) in [6.07, 6.45) is 1.18. The quantitative estimate of drug-likeness (QED) is 0.734. The lowest BCUT2D eigenvalue weighted by atomic mass is 9.82. The lowest BCUT2D eigenvalue weighted by molar-refractivity contribution is -0.174. The van der Waals surface area contributed by atoms with Crippen molar-refractivity contribution in [1.29, 1.82) is 0 Å². The van der Waals surface area contributed by atoms with Gasteiger partial charge in [0.2, 0.25) is 0 Å². The van der Waals surface area contributed by atoms with Crippen molar-refractivity contribution in [2.24, 2.45) is 5.92 Å². The topological polar surface area (TPSA) is 21.3 Å². The first kappa shape index (κ1) is 14.8. The average Bonchev–Trinajstić information content (AvgIpc) is 2.25.